The number of phenols is 1. The van der Waals surface area contributed by atoms with Crippen LogP contribution in [-0.4, -0.2) is 24.7 Å². The van der Waals surface area contributed by atoms with Gasteiger partial charge in [-0.25, -0.2) is 0 Å². The minimum atomic E-state index is -0.0903. The molecule has 6 nitrogen and oxygen atoms in total. The zero-order valence-corrected chi connectivity index (χ0v) is 18.7. The Bertz CT molecular complexity index is 1230. The Balaban J connectivity index is 1.62. The maximum atomic E-state index is 9.71. The highest BCUT2D eigenvalue weighted by molar-refractivity contribution is 7.80. The van der Waals surface area contributed by atoms with Gasteiger partial charge in [0.25, 0.3) is 0 Å². The second-order valence-corrected chi connectivity index (χ2v) is 8.40. The highest BCUT2D eigenvalue weighted by Crippen LogP contribution is 2.42. The first-order chi connectivity index (χ1) is 15.5. The van der Waals surface area contributed by atoms with E-state index in [1.165, 1.54) is 5.56 Å². The number of hydrogen-bond acceptors (Lipinski definition) is 4. The van der Waals surface area contributed by atoms with Gasteiger partial charge >= 0.3 is 0 Å². The van der Waals surface area contributed by atoms with E-state index in [1.54, 1.807) is 18.4 Å². The molecule has 1 aromatic carbocycles. The molecule has 0 radical (unpaired) electrons. The van der Waals surface area contributed by atoms with Crippen LogP contribution in [0, 0.1) is 13.8 Å². The van der Waals surface area contributed by atoms with Crippen LogP contribution in [0.15, 0.2) is 77.5 Å². The van der Waals surface area contributed by atoms with E-state index in [4.69, 9.17) is 16.6 Å². The number of aryl methyl sites for hydroxylation is 1. The van der Waals surface area contributed by atoms with Gasteiger partial charge in [-0.2, -0.15) is 0 Å². The van der Waals surface area contributed by atoms with Gasteiger partial charge < -0.3 is 24.3 Å². The summed E-state index contributed by atoms with van der Waals surface area (Å²) < 4.78 is 7.84. The number of nitrogens with zero attached hydrogens (tertiary/aromatic N) is 3. The Morgan fingerprint density at radius 3 is 2.59 bits per heavy atom. The summed E-state index contributed by atoms with van der Waals surface area (Å²) in [6, 6.07) is 19.1. The molecule has 0 amide bonds. The number of rotatable bonds is 5. The van der Waals surface area contributed by atoms with Crippen LogP contribution in [0.1, 0.15) is 40.5 Å². The summed E-state index contributed by atoms with van der Waals surface area (Å²) in [6.45, 7) is 4.78. The SMILES string of the molecule is Cc1cc([C@H]2[C@@H](c3ccccn3)NC(=S)N2Cc2ccco2)c(C)n1-c1ccc(O)cc1. The number of furan rings is 1. The van der Waals surface area contributed by atoms with Crippen molar-refractivity contribution in [2.24, 2.45) is 0 Å². The Hall–Kier alpha value is -3.58. The molecule has 0 bridgehead atoms. The number of aromatic nitrogens is 2. The van der Waals surface area contributed by atoms with Gasteiger partial charge in [-0.05, 0) is 86.2 Å². The Kier molecular flexibility index (Phi) is 5.19. The number of phenolic OH excluding ortho intramolecular Hbond substituents is 1. The quantitative estimate of drug-likeness (QED) is 0.424. The van der Waals surface area contributed by atoms with E-state index in [1.807, 2.05) is 48.7 Å². The molecule has 4 aromatic rings. The largest absolute Gasteiger partial charge is 0.508 e. The molecule has 2 atom stereocenters. The van der Waals surface area contributed by atoms with E-state index < -0.39 is 0 Å². The van der Waals surface area contributed by atoms with Crippen molar-refractivity contribution in [3.05, 3.63) is 102 Å². The second kappa shape index (κ2) is 8.16. The van der Waals surface area contributed by atoms with Gasteiger partial charge in [-0.3, -0.25) is 4.98 Å². The van der Waals surface area contributed by atoms with Crippen molar-refractivity contribution >= 4 is 17.3 Å². The smallest absolute Gasteiger partial charge is 0.170 e. The molecule has 5 rings (SSSR count). The Morgan fingerprint density at radius 1 is 1.09 bits per heavy atom. The molecule has 0 saturated carbocycles. The molecule has 1 fully saturated rings. The van der Waals surface area contributed by atoms with Crippen LogP contribution in [0.4, 0.5) is 0 Å². The molecular weight excluding hydrogens is 420 g/mol. The molecule has 1 saturated heterocycles. The molecule has 0 aliphatic carbocycles. The fourth-order valence-corrected chi connectivity index (χ4v) is 4.88. The van der Waals surface area contributed by atoms with Crippen molar-refractivity contribution in [3.63, 3.8) is 0 Å². The highest BCUT2D eigenvalue weighted by Gasteiger charge is 2.41. The second-order valence-electron chi connectivity index (χ2n) is 8.01. The van der Waals surface area contributed by atoms with Crippen molar-refractivity contribution in [1.29, 1.82) is 0 Å². The summed E-state index contributed by atoms with van der Waals surface area (Å²) >= 11 is 5.77. The van der Waals surface area contributed by atoms with Crippen molar-refractivity contribution in [1.82, 2.24) is 19.8 Å². The number of benzene rings is 1. The van der Waals surface area contributed by atoms with E-state index in [0.717, 1.165) is 28.5 Å². The molecule has 0 unspecified atom stereocenters. The van der Waals surface area contributed by atoms with E-state index >= 15 is 0 Å². The molecule has 162 valence electrons. The molecular formula is C25H24N4O2S. The van der Waals surface area contributed by atoms with Crippen LogP contribution in [0.25, 0.3) is 5.69 Å². The van der Waals surface area contributed by atoms with Crippen LogP contribution in [0.5, 0.6) is 5.75 Å². The average molecular weight is 445 g/mol. The van der Waals surface area contributed by atoms with E-state index in [2.05, 4.69) is 39.7 Å². The van der Waals surface area contributed by atoms with Crippen molar-refractivity contribution in [2.75, 3.05) is 0 Å². The number of nitrogens with one attached hydrogen (secondary N) is 1. The van der Waals surface area contributed by atoms with E-state index in [9.17, 15) is 5.11 Å². The first-order valence-electron chi connectivity index (χ1n) is 10.5. The number of hydrogen-bond donors (Lipinski definition) is 2. The molecule has 1 aliphatic heterocycles. The Morgan fingerprint density at radius 2 is 1.91 bits per heavy atom. The molecule has 4 heterocycles. The first-order valence-corrected chi connectivity index (χ1v) is 10.9. The third-order valence-electron chi connectivity index (χ3n) is 6.00. The normalized spacial score (nSPS) is 18.2. The van der Waals surface area contributed by atoms with Crippen LogP contribution in [-0.2, 0) is 6.54 Å². The van der Waals surface area contributed by atoms with Gasteiger partial charge in [-0.15, -0.1) is 0 Å². The lowest BCUT2D eigenvalue weighted by Crippen LogP contribution is -2.29. The monoisotopic (exact) mass is 444 g/mol. The molecule has 32 heavy (non-hydrogen) atoms. The van der Waals surface area contributed by atoms with Crippen molar-refractivity contribution < 1.29 is 9.52 Å². The zero-order chi connectivity index (χ0) is 22.2. The van der Waals surface area contributed by atoms with E-state index in [0.29, 0.717) is 11.7 Å². The first kappa shape index (κ1) is 20.3. The summed E-state index contributed by atoms with van der Waals surface area (Å²) in [5.41, 5.74) is 5.35. The molecule has 7 heteroatoms. The maximum Gasteiger partial charge on any atom is 0.170 e. The molecule has 3 aromatic heterocycles. The van der Waals surface area contributed by atoms with Crippen molar-refractivity contribution in [3.8, 4) is 11.4 Å². The minimum absolute atomic E-state index is 0.0560. The number of aromatic hydroxyl groups is 1. The van der Waals surface area contributed by atoms with Gasteiger partial charge in [-0.1, -0.05) is 6.07 Å². The van der Waals surface area contributed by atoms with E-state index in [-0.39, 0.29) is 17.8 Å². The molecule has 2 N–H and O–H groups in total. The Labute approximate surface area is 192 Å². The van der Waals surface area contributed by atoms with Gasteiger partial charge in [0.15, 0.2) is 5.11 Å². The third kappa shape index (κ3) is 3.54. The summed E-state index contributed by atoms with van der Waals surface area (Å²) in [5, 5.41) is 13.9. The van der Waals surface area contributed by atoms with Gasteiger partial charge in [0.05, 0.1) is 30.6 Å². The van der Waals surface area contributed by atoms with Crippen LogP contribution in [0.2, 0.25) is 0 Å². The minimum Gasteiger partial charge on any atom is -0.508 e. The van der Waals surface area contributed by atoms with Crippen LogP contribution in [0.3, 0.4) is 0 Å². The lowest BCUT2D eigenvalue weighted by Gasteiger charge is -2.27. The topological polar surface area (TPSA) is 66.5 Å². The third-order valence-corrected chi connectivity index (χ3v) is 6.35. The predicted molar refractivity (Wildman–Crippen MR) is 127 cm³/mol. The maximum absolute atomic E-state index is 9.71. The number of thiocarbonyl (C=S) groups is 1. The highest BCUT2D eigenvalue weighted by atomic mass is 32.1. The van der Waals surface area contributed by atoms with Gasteiger partial charge in [0.2, 0.25) is 0 Å². The number of pyridine rings is 1. The predicted octanol–water partition coefficient (Wildman–Crippen LogP) is 4.96. The molecule has 1 aliphatic rings. The fourth-order valence-electron chi connectivity index (χ4n) is 4.57. The van der Waals surface area contributed by atoms with Gasteiger partial charge in [0.1, 0.15) is 11.5 Å². The lowest BCUT2D eigenvalue weighted by molar-refractivity contribution is 0.286. The molecule has 0 spiro atoms. The van der Waals surface area contributed by atoms with Gasteiger partial charge in [0, 0.05) is 23.3 Å². The van der Waals surface area contributed by atoms with Crippen LogP contribution >= 0.6 is 12.2 Å². The summed E-state index contributed by atoms with van der Waals surface area (Å²) in [4.78, 5) is 6.80. The van der Waals surface area contributed by atoms with Crippen LogP contribution < -0.4 is 5.32 Å². The summed E-state index contributed by atoms with van der Waals surface area (Å²) in [5.74, 6) is 1.11. The fraction of sp³-hybridized carbons (Fsp3) is 0.200. The lowest BCUT2D eigenvalue weighted by atomic mass is 9.96. The zero-order valence-electron chi connectivity index (χ0n) is 17.9. The standard InChI is InChI=1S/C25H24N4O2S/c1-16-14-21(17(2)29(16)18-8-10-19(30)11-9-18)24-23(22-7-3-4-12-26-22)27-25(32)28(24)15-20-6-5-13-31-20/h3-14,23-24,30H,15H2,1-2H3,(H,27,32)/t23-,24+/m1/s1. The average Bonchev–Trinajstić information content (AvgIpc) is 3.49. The van der Waals surface area contributed by atoms with Crippen molar-refractivity contribution in [2.45, 2.75) is 32.5 Å². The summed E-state index contributed by atoms with van der Waals surface area (Å²) in [7, 11) is 0. The summed E-state index contributed by atoms with van der Waals surface area (Å²) in [6.07, 6.45) is 3.50.